The lowest BCUT2D eigenvalue weighted by atomic mass is 9.80. The molecule has 70 valence electrons. The topological polar surface area (TPSA) is 0 Å². The highest BCUT2D eigenvalue weighted by Crippen LogP contribution is 2.82. The standard InChI is InChI=1S/C12H22/c1-5-9(6-2)8(3)11-10-7-12(10,11)4/h8-11H,5-7H2,1-4H3. The van der Waals surface area contributed by atoms with Gasteiger partial charge in [0.25, 0.3) is 0 Å². The van der Waals surface area contributed by atoms with E-state index in [1.165, 1.54) is 12.8 Å². The van der Waals surface area contributed by atoms with Crippen molar-refractivity contribution in [3.63, 3.8) is 0 Å². The summed E-state index contributed by atoms with van der Waals surface area (Å²) in [6.45, 7) is 9.67. The first-order valence-corrected chi connectivity index (χ1v) is 5.65. The van der Waals surface area contributed by atoms with Crippen molar-refractivity contribution in [2.24, 2.45) is 29.1 Å². The van der Waals surface area contributed by atoms with E-state index in [0.717, 1.165) is 29.1 Å². The Labute approximate surface area is 76.7 Å². The minimum absolute atomic E-state index is 0.835. The molecule has 12 heavy (non-hydrogen) atoms. The van der Waals surface area contributed by atoms with Gasteiger partial charge in [0, 0.05) is 0 Å². The zero-order valence-corrected chi connectivity index (χ0v) is 8.93. The lowest BCUT2D eigenvalue weighted by Crippen LogP contribution is -2.17. The maximum atomic E-state index is 2.49. The smallest absolute Gasteiger partial charge is 0.0258 e. The third-order valence-electron chi connectivity index (χ3n) is 4.79. The predicted octanol–water partition coefficient (Wildman–Crippen LogP) is 3.71. The second-order valence-electron chi connectivity index (χ2n) is 5.28. The summed E-state index contributed by atoms with van der Waals surface area (Å²) >= 11 is 0. The number of fused-ring (bicyclic) bond motifs is 1. The van der Waals surface area contributed by atoms with Crippen LogP contribution in [-0.4, -0.2) is 0 Å². The molecule has 0 amide bonds. The fourth-order valence-electron chi connectivity index (χ4n) is 3.51. The van der Waals surface area contributed by atoms with Gasteiger partial charge in [0.15, 0.2) is 0 Å². The summed E-state index contributed by atoms with van der Waals surface area (Å²) in [4.78, 5) is 0. The minimum Gasteiger partial charge on any atom is -0.0651 e. The van der Waals surface area contributed by atoms with Gasteiger partial charge in [-0.1, -0.05) is 40.5 Å². The van der Waals surface area contributed by atoms with Crippen LogP contribution in [0.3, 0.4) is 0 Å². The largest absolute Gasteiger partial charge is 0.0651 e. The van der Waals surface area contributed by atoms with E-state index in [-0.39, 0.29) is 0 Å². The van der Waals surface area contributed by atoms with Gasteiger partial charge in [-0.25, -0.2) is 0 Å². The second-order valence-corrected chi connectivity index (χ2v) is 5.28. The zero-order chi connectivity index (χ0) is 8.93. The molecule has 0 bridgehead atoms. The molecule has 4 unspecified atom stereocenters. The molecule has 0 N–H and O–H groups in total. The fourth-order valence-corrected chi connectivity index (χ4v) is 3.51. The Morgan fingerprint density at radius 2 is 1.83 bits per heavy atom. The highest BCUT2D eigenvalue weighted by atomic mass is 14.8. The average Bonchev–Trinajstić information content (AvgIpc) is 2.79. The van der Waals surface area contributed by atoms with Gasteiger partial charge >= 0.3 is 0 Å². The van der Waals surface area contributed by atoms with Crippen molar-refractivity contribution >= 4 is 0 Å². The van der Waals surface area contributed by atoms with Gasteiger partial charge in [-0.2, -0.15) is 0 Å². The van der Waals surface area contributed by atoms with Crippen LogP contribution in [0.1, 0.15) is 47.0 Å². The molecular weight excluding hydrogens is 144 g/mol. The predicted molar refractivity (Wildman–Crippen MR) is 52.9 cm³/mol. The molecule has 0 aromatic heterocycles. The lowest BCUT2D eigenvalue weighted by molar-refractivity contribution is 0.244. The van der Waals surface area contributed by atoms with E-state index < -0.39 is 0 Å². The molecule has 2 fully saturated rings. The molecule has 2 saturated carbocycles. The molecule has 2 rings (SSSR count). The van der Waals surface area contributed by atoms with Crippen LogP contribution in [0, 0.1) is 29.1 Å². The van der Waals surface area contributed by atoms with Crippen molar-refractivity contribution in [1.82, 2.24) is 0 Å². The Bertz CT molecular complexity index is 178. The average molecular weight is 166 g/mol. The van der Waals surface area contributed by atoms with Gasteiger partial charge in [-0.05, 0) is 35.5 Å². The Kier molecular flexibility index (Phi) is 1.79. The van der Waals surface area contributed by atoms with Gasteiger partial charge in [0.05, 0.1) is 0 Å². The summed E-state index contributed by atoms with van der Waals surface area (Å²) < 4.78 is 0. The number of hydrogen-bond acceptors (Lipinski definition) is 0. The molecule has 2 aliphatic rings. The van der Waals surface area contributed by atoms with Gasteiger partial charge < -0.3 is 0 Å². The van der Waals surface area contributed by atoms with Crippen LogP contribution in [-0.2, 0) is 0 Å². The van der Waals surface area contributed by atoms with Gasteiger partial charge in [-0.15, -0.1) is 0 Å². The molecule has 4 atom stereocenters. The molecule has 0 heterocycles. The van der Waals surface area contributed by atoms with Crippen LogP contribution in [0.4, 0.5) is 0 Å². The number of hydrogen-bond donors (Lipinski definition) is 0. The van der Waals surface area contributed by atoms with Crippen LogP contribution in [0.15, 0.2) is 0 Å². The minimum atomic E-state index is 0.835. The molecule has 0 saturated heterocycles. The summed E-state index contributed by atoms with van der Waals surface area (Å²) in [6, 6.07) is 0. The van der Waals surface area contributed by atoms with E-state index in [0.29, 0.717) is 0 Å². The molecule has 0 aromatic rings. The van der Waals surface area contributed by atoms with Gasteiger partial charge in [-0.3, -0.25) is 0 Å². The summed E-state index contributed by atoms with van der Waals surface area (Å²) in [7, 11) is 0. The first-order valence-electron chi connectivity index (χ1n) is 5.65. The highest BCUT2D eigenvalue weighted by Gasteiger charge is 2.76. The van der Waals surface area contributed by atoms with Crippen LogP contribution >= 0.6 is 0 Å². The fraction of sp³-hybridized carbons (Fsp3) is 1.00. The number of rotatable bonds is 4. The van der Waals surface area contributed by atoms with E-state index in [9.17, 15) is 0 Å². The highest BCUT2D eigenvalue weighted by molar-refractivity contribution is 5.24. The van der Waals surface area contributed by atoms with Gasteiger partial charge in [0.2, 0.25) is 0 Å². The van der Waals surface area contributed by atoms with E-state index >= 15 is 0 Å². The van der Waals surface area contributed by atoms with Gasteiger partial charge in [0.1, 0.15) is 0 Å². The molecular formula is C12H22. The summed E-state index contributed by atoms with van der Waals surface area (Å²) in [6.07, 6.45) is 4.32. The van der Waals surface area contributed by atoms with Crippen LogP contribution in [0.2, 0.25) is 0 Å². The van der Waals surface area contributed by atoms with E-state index in [2.05, 4.69) is 27.7 Å². The van der Waals surface area contributed by atoms with Crippen molar-refractivity contribution in [1.29, 1.82) is 0 Å². The third kappa shape index (κ3) is 0.963. The Balaban J connectivity index is 1.88. The van der Waals surface area contributed by atoms with Crippen molar-refractivity contribution in [2.75, 3.05) is 0 Å². The van der Waals surface area contributed by atoms with E-state index in [4.69, 9.17) is 0 Å². The summed E-state index contributed by atoms with van der Waals surface area (Å²) in [5.41, 5.74) is 0.835. The first-order chi connectivity index (χ1) is 5.65. The van der Waals surface area contributed by atoms with Crippen molar-refractivity contribution in [3.8, 4) is 0 Å². The van der Waals surface area contributed by atoms with Crippen molar-refractivity contribution in [2.45, 2.75) is 47.0 Å². The van der Waals surface area contributed by atoms with Crippen LogP contribution < -0.4 is 0 Å². The second kappa shape index (κ2) is 2.49. The normalized spacial score (nSPS) is 45.8. The summed E-state index contributed by atoms with van der Waals surface area (Å²) in [5.74, 6) is 4.26. The quantitative estimate of drug-likeness (QED) is 0.597. The Morgan fingerprint density at radius 1 is 1.33 bits per heavy atom. The Morgan fingerprint density at radius 3 is 2.08 bits per heavy atom. The first kappa shape index (κ1) is 8.59. The third-order valence-corrected chi connectivity index (χ3v) is 4.79. The SMILES string of the molecule is CCC(CC)C(C)C1C2CC21C. The molecule has 0 aromatic carbocycles. The summed E-state index contributed by atoms with van der Waals surface area (Å²) in [5, 5.41) is 0. The molecule has 2 aliphatic carbocycles. The van der Waals surface area contributed by atoms with Crippen LogP contribution in [0.25, 0.3) is 0 Å². The molecule has 0 radical (unpaired) electrons. The van der Waals surface area contributed by atoms with Crippen molar-refractivity contribution < 1.29 is 0 Å². The molecule has 0 spiro atoms. The molecule has 0 nitrogen and oxygen atoms in total. The van der Waals surface area contributed by atoms with E-state index in [1.54, 1.807) is 6.42 Å². The molecule has 0 heteroatoms. The Hall–Kier alpha value is 0. The maximum Gasteiger partial charge on any atom is -0.0258 e. The maximum absolute atomic E-state index is 2.49. The van der Waals surface area contributed by atoms with E-state index in [1.807, 2.05) is 0 Å². The van der Waals surface area contributed by atoms with Crippen molar-refractivity contribution in [3.05, 3.63) is 0 Å². The van der Waals surface area contributed by atoms with Crippen LogP contribution in [0.5, 0.6) is 0 Å². The molecule has 0 aliphatic heterocycles. The monoisotopic (exact) mass is 166 g/mol. The lowest BCUT2D eigenvalue weighted by Gasteiger charge is -2.25. The zero-order valence-electron chi connectivity index (χ0n) is 8.93.